The monoisotopic (exact) mass is 214 g/mol. The van der Waals surface area contributed by atoms with E-state index in [9.17, 15) is 0 Å². The summed E-state index contributed by atoms with van der Waals surface area (Å²) in [6, 6.07) is 0.430. The lowest BCUT2D eigenvalue weighted by molar-refractivity contribution is 0.217. The number of hydrogen-bond acceptors (Lipinski definition) is 2. The summed E-state index contributed by atoms with van der Waals surface area (Å²) in [6.45, 7) is 11.3. The van der Waals surface area contributed by atoms with Crippen LogP contribution in [0.2, 0.25) is 0 Å². The van der Waals surface area contributed by atoms with Gasteiger partial charge in [0.1, 0.15) is 0 Å². The highest BCUT2D eigenvalue weighted by molar-refractivity contribution is 4.80. The second kappa shape index (κ2) is 7.24. The lowest BCUT2D eigenvalue weighted by Crippen LogP contribution is -2.45. The normalized spacial score (nSPS) is 16.4. The largest absolute Gasteiger partial charge is 0.271 e. The fourth-order valence-electron chi connectivity index (χ4n) is 1.99. The van der Waals surface area contributed by atoms with E-state index in [-0.39, 0.29) is 5.41 Å². The second-order valence-electron chi connectivity index (χ2n) is 5.74. The number of nitrogens with one attached hydrogen (secondary N) is 1. The third kappa shape index (κ3) is 6.16. The van der Waals surface area contributed by atoms with Crippen LogP contribution in [0.3, 0.4) is 0 Å². The van der Waals surface area contributed by atoms with Crippen molar-refractivity contribution in [3.8, 4) is 0 Å². The molecule has 0 aromatic carbocycles. The first kappa shape index (κ1) is 14.9. The van der Waals surface area contributed by atoms with Crippen molar-refractivity contribution in [2.75, 3.05) is 0 Å². The molecule has 0 spiro atoms. The van der Waals surface area contributed by atoms with Gasteiger partial charge in [0.2, 0.25) is 0 Å². The molecule has 15 heavy (non-hydrogen) atoms. The van der Waals surface area contributed by atoms with Gasteiger partial charge in [0.25, 0.3) is 0 Å². The van der Waals surface area contributed by atoms with Gasteiger partial charge >= 0.3 is 0 Å². The first-order valence-electron chi connectivity index (χ1n) is 6.41. The summed E-state index contributed by atoms with van der Waals surface area (Å²) in [6.07, 6.45) is 6.47. The quantitative estimate of drug-likeness (QED) is 0.503. The Morgan fingerprint density at radius 1 is 1.20 bits per heavy atom. The Kier molecular flexibility index (Phi) is 7.20. The molecule has 0 bridgehead atoms. The van der Waals surface area contributed by atoms with E-state index in [1.54, 1.807) is 0 Å². The molecule has 0 radical (unpaired) electrons. The zero-order valence-corrected chi connectivity index (χ0v) is 11.3. The van der Waals surface area contributed by atoms with E-state index in [0.717, 1.165) is 5.92 Å². The summed E-state index contributed by atoms with van der Waals surface area (Å²) in [5.41, 5.74) is 3.24. The SMILES string of the molecule is CCCCC(CC)CC(NN)C(C)(C)C. The van der Waals surface area contributed by atoms with Crippen LogP contribution in [0, 0.1) is 11.3 Å². The molecule has 0 amide bonds. The summed E-state index contributed by atoms with van der Waals surface area (Å²) >= 11 is 0. The molecule has 0 aliphatic carbocycles. The Bertz CT molecular complexity index is 149. The highest BCUT2D eigenvalue weighted by Gasteiger charge is 2.25. The Hall–Kier alpha value is -0.0800. The van der Waals surface area contributed by atoms with Gasteiger partial charge in [-0.05, 0) is 17.8 Å². The maximum Gasteiger partial charge on any atom is 0.0261 e. The molecule has 3 N–H and O–H groups in total. The molecule has 0 aliphatic rings. The number of unbranched alkanes of at least 4 members (excludes halogenated alkanes) is 1. The summed E-state index contributed by atoms with van der Waals surface area (Å²) in [4.78, 5) is 0. The Labute approximate surface area is 96.0 Å². The van der Waals surface area contributed by atoms with Crippen LogP contribution in [0.5, 0.6) is 0 Å². The summed E-state index contributed by atoms with van der Waals surface area (Å²) < 4.78 is 0. The van der Waals surface area contributed by atoms with E-state index in [1.165, 1.54) is 32.1 Å². The van der Waals surface area contributed by atoms with Crippen molar-refractivity contribution in [3.63, 3.8) is 0 Å². The van der Waals surface area contributed by atoms with Gasteiger partial charge in [-0.2, -0.15) is 0 Å². The zero-order chi connectivity index (χ0) is 11.9. The first-order valence-corrected chi connectivity index (χ1v) is 6.41. The van der Waals surface area contributed by atoms with Gasteiger partial charge in [-0.15, -0.1) is 0 Å². The summed E-state index contributed by atoms with van der Waals surface area (Å²) in [5.74, 6) is 6.46. The van der Waals surface area contributed by atoms with Gasteiger partial charge in [0.05, 0.1) is 0 Å². The van der Waals surface area contributed by atoms with Crippen LogP contribution < -0.4 is 11.3 Å². The molecule has 0 saturated heterocycles. The first-order chi connectivity index (χ1) is 6.95. The second-order valence-corrected chi connectivity index (χ2v) is 5.74. The van der Waals surface area contributed by atoms with Crippen LogP contribution in [0.15, 0.2) is 0 Å². The molecule has 0 saturated carbocycles. The van der Waals surface area contributed by atoms with Crippen molar-refractivity contribution in [1.82, 2.24) is 5.43 Å². The fraction of sp³-hybridized carbons (Fsp3) is 1.00. The van der Waals surface area contributed by atoms with Crippen molar-refractivity contribution >= 4 is 0 Å². The minimum atomic E-state index is 0.258. The van der Waals surface area contributed by atoms with E-state index >= 15 is 0 Å². The molecule has 2 nitrogen and oxygen atoms in total. The highest BCUT2D eigenvalue weighted by atomic mass is 15.2. The molecule has 0 heterocycles. The van der Waals surface area contributed by atoms with Crippen LogP contribution in [-0.2, 0) is 0 Å². The molecular formula is C13H30N2. The molecule has 92 valence electrons. The molecule has 0 fully saturated rings. The third-order valence-corrected chi connectivity index (χ3v) is 3.36. The Morgan fingerprint density at radius 2 is 1.80 bits per heavy atom. The summed E-state index contributed by atoms with van der Waals surface area (Å²) in [5, 5.41) is 0. The lowest BCUT2D eigenvalue weighted by atomic mass is 9.80. The highest BCUT2D eigenvalue weighted by Crippen LogP contribution is 2.27. The standard InChI is InChI=1S/C13H30N2/c1-6-8-9-11(7-2)10-12(15-14)13(3,4)5/h11-12,15H,6-10,14H2,1-5H3. The molecule has 2 unspecified atom stereocenters. The number of hydrazine groups is 1. The van der Waals surface area contributed by atoms with Crippen molar-refractivity contribution < 1.29 is 0 Å². The number of nitrogens with two attached hydrogens (primary N) is 1. The maximum atomic E-state index is 5.64. The average Bonchev–Trinajstić information content (AvgIpc) is 2.16. The predicted octanol–water partition coefficient (Wildman–Crippen LogP) is 3.47. The van der Waals surface area contributed by atoms with Crippen LogP contribution in [0.4, 0.5) is 0 Å². The van der Waals surface area contributed by atoms with E-state index < -0.39 is 0 Å². The van der Waals surface area contributed by atoms with Crippen molar-refractivity contribution in [1.29, 1.82) is 0 Å². The molecule has 2 heteroatoms. The van der Waals surface area contributed by atoms with E-state index in [1.807, 2.05) is 0 Å². The molecule has 2 atom stereocenters. The van der Waals surface area contributed by atoms with Crippen LogP contribution in [0.1, 0.15) is 66.7 Å². The van der Waals surface area contributed by atoms with Crippen molar-refractivity contribution in [2.45, 2.75) is 72.8 Å². The van der Waals surface area contributed by atoms with Gasteiger partial charge < -0.3 is 0 Å². The van der Waals surface area contributed by atoms with Gasteiger partial charge in [-0.3, -0.25) is 11.3 Å². The van der Waals surface area contributed by atoms with Crippen LogP contribution in [0.25, 0.3) is 0 Å². The van der Waals surface area contributed by atoms with Crippen molar-refractivity contribution in [2.24, 2.45) is 17.2 Å². The molecule has 0 aromatic rings. The smallest absolute Gasteiger partial charge is 0.0261 e. The molecule has 0 aliphatic heterocycles. The Morgan fingerprint density at radius 3 is 2.13 bits per heavy atom. The van der Waals surface area contributed by atoms with Gasteiger partial charge in [0.15, 0.2) is 0 Å². The number of rotatable bonds is 7. The summed E-state index contributed by atoms with van der Waals surface area (Å²) in [7, 11) is 0. The minimum Gasteiger partial charge on any atom is -0.271 e. The predicted molar refractivity (Wildman–Crippen MR) is 68.5 cm³/mol. The fourth-order valence-corrected chi connectivity index (χ4v) is 1.99. The third-order valence-electron chi connectivity index (χ3n) is 3.36. The molecule has 0 rings (SSSR count). The van der Waals surface area contributed by atoms with E-state index in [2.05, 4.69) is 40.0 Å². The Balaban J connectivity index is 4.12. The van der Waals surface area contributed by atoms with Crippen LogP contribution >= 0.6 is 0 Å². The van der Waals surface area contributed by atoms with Crippen molar-refractivity contribution in [3.05, 3.63) is 0 Å². The van der Waals surface area contributed by atoms with Crippen LogP contribution in [-0.4, -0.2) is 6.04 Å². The number of hydrogen-bond donors (Lipinski definition) is 2. The molecular weight excluding hydrogens is 184 g/mol. The maximum absolute atomic E-state index is 5.64. The van der Waals surface area contributed by atoms with Gasteiger partial charge in [-0.25, -0.2) is 0 Å². The topological polar surface area (TPSA) is 38.0 Å². The van der Waals surface area contributed by atoms with Gasteiger partial charge in [0, 0.05) is 6.04 Å². The minimum absolute atomic E-state index is 0.258. The zero-order valence-electron chi connectivity index (χ0n) is 11.3. The molecule has 0 aromatic heterocycles. The van der Waals surface area contributed by atoms with E-state index in [0.29, 0.717) is 6.04 Å². The lowest BCUT2D eigenvalue weighted by Gasteiger charge is -2.32. The van der Waals surface area contributed by atoms with Gasteiger partial charge in [-0.1, -0.05) is 60.3 Å². The average molecular weight is 214 g/mol. The van der Waals surface area contributed by atoms with E-state index in [4.69, 9.17) is 5.84 Å².